The van der Waals surface area contributed by atoms with E-state index in [-0.39, 0.29) is 18.8 Å². The average molecular weight is 424 g/mol. The van der Waals surface area contributed by atoms with Crippen molar-refractivity contribution in [1.82, 2.24) is 0 Å². The molecule has 0 atom stereocenters. The summed E-state index contributed by atoms with van der Waals surface area (Å²) in [6.45, 7) is 9.98. The summed E-state index contributed by atoms with van der Waals surface area (Å²) in [5, 5.41) is 0. The van der Waals surface area contributed by atoms with Gasteiger partial charge in [0.2, 0.25) is 0 Å². The minimum absolute atomic E-state index is 0.0606. The van der Waals surface area contributed by atoms with E-state index in [1.54, 1.807) is 49.4 Å². The van der Waals surface area contributed by atoms with Crippen LogP contribution in [-0.2, 0) is 19.1 Å². The van der Waals surface area contributed by atoms with Crippen LogP contribution in [0.3, 0.4) is 0 Å². The van der Waals surface area contributed by atoms with Crippen LogP contribution in [0.4, 0.5) is 0 Å². The largest absolute Gasteiger partial charge is 0.496 e. The molecular weight excluding hydrogens is 400 g/mol. The predicted octanol–water partition coefficient (Wildman–Crippen LogP) is 4.12. The van der Waals surface area contributed by atoms with E-state index in [2.05, 4.69) is 13.2 Å². The Morgan fingerprint density at radius 3 is 2.03 bits per heavy atom. The van der Waals surface area contributed by atoms with Gasteiger partial charge in [0.25, 0.3) is 0 Å². The van der Waals surface area contributed by atoms with Crippen molar-refractivity contribution < 1.29 is 33.3 Å². The molecule has 0 unspecified atom stereocenters. The number of hydrogen-bond acceptors (Lipinski definition) is 7. The fourth-order valence-corrected chi connectivity index (χ4v) is 2.43. The van der Waals surface area contributed by atoms with Gasteiger partial charge >= 0.3 is 17.9 Å². The summed E-state index contributed by atoms with van der Waals surface area (Å²) in [5.41, 5.74) is 2.42. The van der Waals surface area contributed by atoms with Crippen molar-refractivity contribution in [2.75, 3.05) is 20.3 Å². The highest BCUT2D eigenvalue weighted by atomic mass is 16.6. The van der Waals surface area contributed by atoms with Crippen LogP contribution in [0.25, 0.3) is 11.1 Å². The van der Waals surface area contributed by atoms with E-state index in [0.29, 0.717) is 22.6 Å². The highest BCUT2D eigenvalue weighted by Gasteiger charge is 2.14. The van der Waals surface area contributed by atoms with Gasteiger partial charge < -0.3 is 18.9 Å². The van der Waals surface area contributed by atoms with E-state index in [9.17, 15) is 14.4 Å². The zero-order chi connectivity index (χ0) is 23.0. The summed E-state index contributed by atoms with van der Waals surface area (Å²) in [7, 11) is 1.49. The summed E-state index contributed by atoms with van der Waals surface area (Å²) in [5.74, 6) is -0.749. The van der Waals surface area contributed by atoms with E-state index in [4.69, 9.17) is 18.9 Å². The lowest BCUT2D eigenvalue weighted by Crippen LogP contribution is -2.14. The molecule has 2 aromatic rings. The Hall–Kier alpha value is -3.87. The lowest BCUT2D eigenvalue weighted by Gasteiger charge is -2.12. The number of carbonyl (C=O) groups excluding carboxylic acids is 3. The molecule has 0 spiro atoms. The van der Waals surface area contributed by atoms with Gasteiger partial charge in [-0.15, -0.1) is 0 Å². The molecule has 0 radical (unpaired) electrons. The van der Waals surface area contributed by atoms with Crippen LogP contribution in [0, 0.1) is 0 Å². The van der Waals surface area contributed by atoms with Crippen molar-refractivity contribution in [1.29, 1.82) is 0 Å². The van der Waals surface area contributed by atoms with Gasteiger partial charge in [-0.1, -0.05) is 25.3 Å². The van der Waals surface area contributed by atoms with Crippen LogP contribution in [0.15, 0.2) is 66.8 Å². The molecule has 0 aromatic heterocycles. The number of esters is 3. The molecule has 2 rings (SSSR count). The zero-order valence-electron chi connectivity index (χ0n) is 17.7. The molecular formula is C24H24O7. The summed E-state index contributed by atoms with van der Waals surface area (Å²) in [6, 6.07) is 11.8. The molecule has 0 fully saturated rings. The van der Waals surface area contributed by atoms with Crippen LogP contribution in [-0.4, -0.2) is 38.2 Å². The number of ether oxygens (including phenoxy) is 4. The van der Waals surface area contributed by atoms with E-state index < -0.39 is 17.9 Å². The molecule has 0 aliphatic heterocycles. The van der Waals surface area contributed by atoms with Crippen molar-refractivity contribution in [2.24, 2.45) is 0 Å². The maximum atomic E-state index is 12.3. The fraction of sp³-hybridized carbons (Fsp3) is 0.208. The molecule has 0 aliphatic rings. The second-order valence-corrected chi connectivity index (χ2v) is 6.66. The Balaban J connectivity index is 2.06. The third-order valence-corrected chi connectivity index (χ3v) is 4.06. The van der Waals surface area contributed by atoms with Crippen molar-refractivity contribution in [3.8, 4) is 22.6 Å². The second-order valence-electron chi connectivity index (χ2n) is 6.66. The fourth-order valence-electron chi connectivity index (χ4n) is 2.43. The van der Waals surface area contributed by atoms with Gasteiger partial charge in [-0.05, 0) is 49.7 Å². The number of methoxy groups -OCH3 is 1. The monoisotopic (exact) mass is 424 g/mol. The van der Waals surface area contributed by atoms with Gasteiger partial charge in [-0.2, -0.15) is 0 Å². The van der Waals surface area contributed by atoms with E-state index >= 15 is 0 Å². The lowest BCUT2D eigenvalue weighted by molar-refractivity contribution is -0.140. The molecule has 0 aliphatic carbocycles. The minimum atomic E-state index is -0.571. The minimum Gasteiger partial charge on any atom is -0.496 e. The first kappa shape index (κ1) is 23.4. The topological polar surface area (TPSA) is 88.1 Å². The SMILES string of the molecule is C=C(C)C(=O)OCCOC(=O)c1ccc(-c2ccc(OC(=O)C(=C)C)cc2)c(OC)c1. The number of hydrogen-bond donors (Lipinski definition) is 0. The maximum Gasteiger partial charge on any atom is 0.338 e. The highest BCUT2D eigenvalue weighted by Crippen LogP contribution is 2.32. The van der Waals surface area contributed by atoms with Crippen LogP contribution in [0.5, 0.6) is 11.5 Å². The van der Waals surface area contributed by atoms with Crippen molar-refractivity contribution in [3.05, 3.63) is 72.3 Å². The molecule has 162 valence electrons. The predicted molar refractivity (Wildman–Crippen MR) is 115 cm³/mol. The number of carbonyl (C=O) groups is 3. The smallest absolute Gasteiger partial charge is 0.338 e. The highest BCUT2D eigenvalue weighted by molar-refractivity contribution is 5.91. The van der Waals surface area contributed by atoms with Crippen molar-refractivity contribution in [3.63, 3.8) is 0 Å². The Morgan fingerprint density at radius 1 is 0.839 bits per heavy atom. The molecule has 7 heteroatoms. The zero-order valence-corrected chi connectivity index (χ0v) is 17.7. The lowest BCUT2D eigenvalue weighted by atomic mass is 10.0. The Bertz CT molecular complexity index is 1000. The van der Waals surface area contributed by atoms with Crippen LogP contribution in [0.2, 0.25) is 0 Å². The summed E-state index contributed by atoms with van der Waals surface area (Å²) >= 11 is 0. The van der Waals surface area contributed by atoms with Crippen LogP contribution >= 0.6 is 0 Å². The van der Waals surface area contributed by atoms with Gasteiger partial charge in [0.1, 0.15) is 24.7 Å². The molecule has 0 saturated carbocycles. The summed E-state index contributed by atoms with van der Waals surface area (Å²) in [6.07, 6.45) is 0. The van der Waals surface area contributed by atoms with Crippen molar-refractivity contribution >= 4 is 17.9 Å². The summed E-state index contributed by atoms with van der Waals surface area (Å²) in [4.78, 5) is 35.2. The average Bonchev–Trinajstić information content (AvgIpc) is 2.76. The molecule has 0 saturated heterocycles. The Labute approximate surface area is 180 Å². The molecule has 0 heterocycles. The Morgan fingerprint density at radius 2 is 1.45 bits per heavy atom. The quantitative estimate of drug-likeness (QED) is 0.259. The Kier molecular flexibility index (Phi) is 8.14. The molecule has 31 heavy (non-hydrogen) atoms. The van der Waals surface area contributed by atoms with Crippen LogP contribution < -0.4 is 9.47 Å². The first-order chi connectivity index (χ1) is 14.7. The van der Waals surface area contributed by atoms with Gasteiger partial charge in [0.15, 0.2) is 0 Å². The first-order valence-corrected chi connectivity index (χ1v) is 9.39. The molecule has 2 aromatic carbocycles. The third-order valence-electron chi connectivity index (χ3n) is 4.06. The van der Waals surface area contributed by atoms with Gasteiger partial charge in [-0.3, -0.25) is 0 Å². The molecule has 0 N–H and O–H groups in total. The van der Waals surface area contributed by atoms with Gasteiger partial charge in [0.05, 0.1) is 12.7 Å². The molecule has 7 nitrogen and oxygen atoms in total. The summed E-state index contributed by atoms with van der Waals surface area (Å²) < 4.78 is 20.6. The third kappa shape index (κ3) is 6.57. The van der Waals surface area contributed by atoms with E-state index in [1.807, 2.05) is 0 Å². The van der Waals surface area contributed by atoms with Gasteiger partial charge in [0, 0.05) is 16.7 Å². The normalized spacial score (nSPS) is 10.0. The van der Waals surface area contributed by atoms with Gasteiger partial charge in [-0.25, -0.2) is 14.4 Å². The standard InChI is InChI=1S/C24H24O7/c1-15(2)22(25)29-12-13-30-24(27)18-8-11-20(21(14-18)28-5)17-6-9-19(10-7-17)31-23(26)16(3)4/h6-11,14H,1,3,12-13H2,2,4-5H3. The molecule has 0 bridgehead atoms. The first-order valence-electron chi connectivity index (χ1n) is 9.39. The maximum absolute atomic E-state index is 12.3. The van der Waals surface area contributed by atoms with Crippen molar-refractivity contribution in [2.45, 2.75) is 13.8 Å². The number of benzene rings is 2. The van der Waals surface area contributed by atoms with Crippen LogP contribution in [0.1, 0.15) is 24.2 Å². The van der Waals surface area contributed by atoms with E-state index in [0.717, 1.165) is 11.1 Å². The molecule has 0 amide bonds. The number of rotatable bonds is 9. The second kappa shape index (κ2) is 10.8. The van der Waals surface area contributed by atoms with E-state index in [1.165, 1.54) is 14.0 Å².